The van der Waals surface area contributed by atoms with E-state index in [1.165, 1.54) is 12.8 Å². The molecule has 0 radical (unpaired) electrons. The average molecular weight is 435 g/mol. The Morgan fingerprint density at radius 3 is 2.60 bits per heavy atom. The highest BCUT2D eigenvalue weighted by atomic mass is 35.5. The molecule has 2 saturated heterocycles. The van der Waals surface area contributed by atoms with Gasteiger partial charge in [-0.25, -0.2) is 0 Å². The minimum absolute atomic E-state index is 0.0940. The van der Waals surface area contributed by atoms with Crippen LogP contribution in [0, 0.1) is 5.92 Å². The molecule has 1 aromatic rings. The standard InChI is InChI=1S/C24H35ClN2O3/c1-2-3-4-5-14-26-22(28)19-7-6-15-27(18-19)23(29)24(12-16-30-17-13-24)20-8-10-21(25)11-9-20/h8-11,19H,2-7,12-18H2,1H3,(H,26,28). The van der Waals surface area contributed by atoms with Crippen LogP contribution in [0.5, 0.6) is 0 Å². The Labute approximate surface area is 185 Å². The quantitative estimate of drug-likeness (QED) is 0.620. The molecule has 2 fully saturated rings. The van der Waals surface area contributed by atoms with Crippen LogP contribution < -0.4 is 5.32 Å². The number of ether oxygens (including phenoxy) is 1. The van der Waals surface area contributed by atoms with Crippen molar-refractivity contribution < 1.29 is 14.3 Å². The lowest BCUT2D eigenvalue weighted by Gasteiger charge is -2.42. The lowest BCUT2D eigenvalue weighted by Crippen LogP contribution is -2.54. The third-order valence-corrected chi connectivity index (χ3v) is 6.81. The second kappa shape index (κ2) is 11.1. The fourth-order valence-electron chi connectivity index (χ4n) is 4.70. The van der Waals surface area contributed by atoms with E-state index in [1.807, 2.05) is 29.2 Å². The summed E-state index contributed by atoms with van der Waals surface area (Å²) in [4.78, 5) is 28.4. The summed E-state index contributed by atoms with van der Waals surface area (Å²) in [5.74, 6) is 0.112. The van der Waals surface area contributed by atoms with Gasteiger partial charge in [-0.15, -0.1) is 0 Å². The molecular formula is C24H35ClN2O3. The number of carbonyl (C=O) groups excluding carboxylic acids is 2. The molecule has 0 saturated carbocycles. The highest BCUT2D eigenvalue weighted by Gasteiger charge is 2.45. The van der Waals surface area contributed by atoms with Crippen LogP contribution in [0.2, 0.25) is 5.02 Å². The van der Waals surface area contributed by atoms with Crippen molar-refractivity contribution in [2.75, 3.05) is 32.8 Å². The Balaban J connectivity index is 1.66. The molecule has 0 aliphatic carbocycles. The molecule has 0 aromatic heterocycles. The van der Waals surface area contributed by atoms with E-state index in [2.05, 4.69) is 12.2 Å². The maximum atomic E-state index is 13.8. The van der Waals surface area contributed by atoms with Gasteiger partial charge < -0.3 is 15.0 Å². The fraction of sp³-hybridized carbons (Fsp3) is 0.667. The van der Waals surface area contributed by atoms with Crippen LogP contribution in [-0.2, 0) is 19.7 Å². The lowest BCUT2D eigenvalue weighted by atomic mass is 9.72. The number of hydrogen-bond donors (Lipinski definition) is 1. The highest BCUT2D eigenvalue weighted by Crippen LogP contribution is 2.38. The van der Waals surface area contributed by atoms with E-state index in [4.69, 9.17) is 16.3 Å². The van der Waals surface area contributed by atoms with Gasteiger partial charge in [-0.2, -0.15) is 0 Å². The summed E-state index contributed by atoms with van der Waals surface area (Å²) in [6.07, 6.45) is 7.61. The van der Waals surface area contributed by atoms with Crippen molar-refractivity contribution in [1.82, 2.24) is 10.2 Å². The molecule has 1 unspecified atom stereocenters. The SMILES string of the molecule is CCCCCCNC(=O)C1CCCN(C(=O)C2(c3ccc(Cl)cc3)CCOCC2)C1. The van der Waals surface area contributed by atoms with Crippen LogP contribution >= 0.6 is 11.6 Å². The molecular weight excluding hydrogens is 400 g/mol. The number of halogens is 1. The van der Waals surface area contributed by atoms with Gasteiger partial charge in [-0.1, -0.05) is 49.9 Å². The number of likely N-dealkylation sites (tertiary alicyclic amines) is 1. The third-order valence-electron chi connectivity index (χ3n) is 6.56. The molecule has 2 heterocycles. The molecule has 1 N–H and O–H groups in total. The van der Waals surface area contributed by atoms with Crippen molar-refractivity contribution in [2.45, 2.75) is 63.7 Å². The largest absolute Gasteiger partial charge is 0.381 e. The summed E-state index contributed by atoms with van der Waals surface area (Å²) in [5, 5.41) is 3.75. The smallest absolute Gasteiger partial charge is 0.233 e. The maximum Gasteiger partial charge on any atom is 0.233 e. The van der Waals surface area contributed by atoms with E-state index >= 15 is 0 Å². The second-order valence-electron chi connectivity index (χ2n) is 8.64. The summed E-state index contributed by atoms with van der Waals surface area (Å²) in [5.41, 5.74) is 0.421. The number of amides is 2. The summed E-state index contributed by atoms with van der Waals surface area (Å²) in [6.45, 7) is 5.29. The van der Waals surface area contributed by atoms with Gasteiger partial charge in [0, 0.05) is 37.9 Å². The van der Waals surface area contributed by atoms with Crippen molar-refractivity contribution in [2.24, 2.45) is 5.92 Å². The van der Waals surface area contributed by atoms with E-state index < -0.39 is 5.41 Å². The van der Waals surface area contributed by atoms with Crippen LogP contribution in [0.25, 0.3) is 0 Å². The number of hydrogen-bond acceptors (Lipinski definition) is 3. The Kier molecular flexibility index (Phi) is 8.58. The number of rotatable bonds is 8. The Hall–Kier alpha value is -1.59. The number of unbranched alkanes of at least 4 members (excludes halogenated alkanes) is 3. The molecule has 2 aliphatic rings. The van der Waals surface area contributed by atoms with Gasteiger partial charge in [0.05, 0.1) is 11.3 Å². The Morgan fingerprint density at radius 1 is 1.17 bits per heavy atom. The van der Waals surface area contributed by atoms with Crippen LogP contribution in [0.4, 0.5) is 0 Å². The first-order valence-corrected chi connectivity index (χ1v) is 11.9. The van der Waals surface area contributed by atoms with Crippen molar-refractivity contribution in [3.8, 4) is 0 Å². The monoisotopic (exact) mass is 434 g/mol. The lowest BCUT2D eigenvalue weighted by molar-refractivity contribution is -0.144. The maximum absolute atomic E-state index is 13.8. The molecule has 1 aromatic carbocycles. The molecule has 2 amide bonds. The Morgan fingerprint density at radius 2 is 1.90 bits per heavy atom. The van der Waals surface area contributed by atoms with Crippen molar-refractivity contribution in [1.29, 1.82) is 0 Å². The number of benzene rings is 1. The first-order valence-electron chi connectivity index (χ1n) is 11.5. The number of nitrogens with one attached hydrogen (secondary N) is 1. The summed E-state index contributed by atoms with van der Waals surface area (Å²) in [6, 6.07) is 7.64. The molecule has 0 spiro atoms. The van der Waals surface area contributed by atoms with Crippen LogP contribution in [0.1, 0.15) is 63.9 Å². The summed E-state index contributed by atoms with van der Waals surface area (Å²) >= 11 is 6.08. The molecule has 2 aliphatic heterocycles. The normalized spacial score (nSPS) is 21.3. The molecule has 1 atom stereocenters. The van der Waals surface area contributed by atoms with Gasteiger partial charge in [-0.3, -0.25) is 9.59 Å². The number of carbonyl (C=O) groups is 2. The minimum atomic E-state index is -0.582. The molecule has 30 heavy (non-hydrogen) atoms. The Bertz CT molecular complexity index is 701. The zero-order valence-electron chi connectivity index (χ0n) is 18.1. The van der Waals surface area contributed by atoms with E-state index in [1.54, 1.807) is 0 Å². The van der Waals surface area contributed by atoms with E-state index in [0.717, 1.165) is 44.3 Å². The van der Waals surface area contributed by atoms with E-state index in [0.29, 0.717) is 37.6 Å². The minimum Gasteiger partial charge on any atom is -0.381 e. The summed E-state index contributed by atoms with van der Waals surface area (Å²) < 4.78 is 5.58. The van der Waals surface area contributed by atoms with E-state index in [-0.39, 0.29) is 17.7 Å². The molecule has 5 nitrogen and oxygen atoms in total. The van der Waals surface area contributed by atoms with Gasteiger partial charge in [0.25, 0.3) is 0 Å². The fourth-order valence-corrected chi connectivity index (χ4v) is 4.83. The third kappa shape index (κ3) is 5.55. The van der Waals surface area contributed by atoms with E-state index in [9.17, 15) is 9.59 Å². The molecule has 0 bridgehead atoms. The van der Waals surface area contributed by atoms with Crippen molar-refractivity contribution >= 4 is 23.4 Å². The first kappa shape index (κ1) is 23.1. The van der Waals surface area contributed by atoms with Gasteiger partial charge in [0.2, 0.25) is 11.8 Å². The zero-order chi connectivity index (χ0) is 21.4. The summed E-state index contributed by atoms with van der Waals surface area (Å²) in [7, 11) is 0. The molecule has 6 heteroatoms. The van der Waals surface area contributed by atoms with Crippen LogP contribution in [0.3, 0.4) is 0 Å². The zero-order valence-corrected chi connectivity index (χ0v) is 18.9. The van der Waals surface area contributed by atoms with Gasteiger partial charge in [0.1, 0.15) is 0 Å². The first-order chi connectivity index (χ1) is 14.6. The van der Waals surface area contributed by atoms with Gasteiger partial charge in [-0.05, 0) is 49.8 Å². The van der Waals surface area contributed by atoms with Crippen LogP contribution in [-0.4, -0.2) is 49.6 Å². The van der Waals surface area contributed by atoms with Gasteiger partial charge in [0.15, 0.2) is 0 Å². The highest BCUT2D eigenvalue weighted by molar-refractivity contribution is 6.30. The number of nitrogens with zero attached hydrogens (tertiary/aromatic N) is 1. The topological polar surface area (TPSA) is 58.6 Å². The van der Waals surface area contributed by atoms with Gasteiger partial charge >= 0.3 is 0 Å². The van der Waals surface area contributed by atoms with Crippen molar-refractivity contribution in [3.05, 3.63) is 34.9 Å². The van der Waals surface area contributed by atoms with Crippen molar-refractivity contribution in [3.63, 3.8) is 0 Å². The predicted molar refractivity (Wildman–Crippen MR) is 120 cm³/mol. The van der Waals surface area contributed by atoms with Crippen LogP contribution in [0.15, 0.2) is 24.3 Å². The predicted octanol–water partition coefficient (Wildman–Crippen LogP) is 4.32. The molecule has 166 valence electrons. The second-order valence-corrected chi connectivity index (χ2v) is 9.08. The average Bonchev–Trinajstić information content (AvgIpc) is 2.79. The number of piperidine rings is 1. The molecule has 3 rings (SSSR count).